The number of benzene rings is 1. The topological polar surface area (TPSA) is 52.6 Å². The monoisotopic (exact) mass is 274 g/mol. The summed E-state index contributed by atoms with van der Waals surface area (Å²) in [4.78, 5) is 13.1. The van der Waals surface area contributed by atoms with E-state index in [1.165, 1.54) is 17.0 Å². The van der Waals surface area contributed by atoms with Crippen LogP contribution in [0.25, 0.3) is 0 Å². The van der Waals surface area contributed by atoms with Gasteiger partial charge < -0.3 is 15.3 Å². The van der Waals surface area contributed by atoms with Crippen molar-refractivity contribution in [1.82, 2.24) is 4.90 Å². The molecule has 1 aliphatic heterocycles. The predicted molar refractivity (Wildman–Crippen MR) is 62.7 cm³/mol. The minimum atomic E-state index is -4.39. The Morgan fingerprint density at radius 3 is 2.42 bits per heavy atom. The first-order valence-corrected chi connectivity index (χ1v) is 5.77. The number of alkyl halides is 3. The standard InChI is InChI=1S/C12H13F3N2O2/c13-12(14,15)8-1-3-9(4-2-8)16-11(19)17-6-5-10(18)7-17/h1-4,10,18H,5-7H2,(H,16,19)/t10-/m1/s1. The molecule has 0 saturated carbocycles. The molecule has 19 heavy (non-hydrogen) atoms. The molecule has 1 aliphatic rings. The third-order valence-corrected chi connectivity index (χ3v) is 2.91. The van der Waals surface area contributed by atoms with Crippen molar-refractivity contribution in [3.63, 3.8) is 0 Å². The average molecular weight is 274 g/mol. The summed E-state index contributed by atoms with van der Waals surface area (Å²) in [5.74, 6) is 0. The number of hydrogen-bond donors (Lipinski definition) is 2. The zero-order valence-electron chi connectivity index (χ0n) is 9.94. The summed E-state index contributed by atoms with van der Waals surface area (Å²) in [5.41, 5.74) is -0.471. The third-order valence-electron chi connectivity index (χ3n) is 2.91. The van der Waals surface area contributed by atoms with E-state index in [-0.39, 0.29) is 6.54 Å². The minimum absolute atomic E-state index is 0.243. The summed E-state index contributed by atoms with van der Waals surface area (Å²) in [6.45, 7) is 0.681. The number of nitrogens with zero attached hydrogens (tertiary/aromatic N) is 1. The van der Waals surface area contributed by atoms with Crippen LogP contribution in [0.4, 0.5) is 23.7 Å². The van der Waals surface area contributed by atoms with Crippen molar-refractivity contribution in [1.29, 1.82) is 0 Å². The smallest absolute Gasteiger partial charge is 0.391 e. The second kappa shape index (κ2) is 5.08. The lowest BCUT2D eigenvalue weighted by atomic mass is 10.2. The van der Waals surface area contributed by atoms with Crippen molar-refractivity contribution in [2.24, 2.45) is 0 Å². The Morgan fingerprint density at radius 2 is 1.95 bits per heavy atom. The molecule has 0 radical (unpaired) electrons. The van der Waals surface area contributed by atoms with Gasteiger partial charge >= 0.3 is 12.2 Å². The largest absolute Gasteiger partial charge is 0.416 e. The maximum Gasteiger partial charge on any atom is 0.416 e. The fraction of sp³-hybridized carbons (Fsp3) is 0.417. The van der Waals surface area contributed by atoms with E-state index in [0.29, 0.717) is 18.7 Å². The van der Waals surface area contributed by atoms with Crippen LogP contribution in [0.1, 0.15) is 12.0 Å². The van der Waals surface area contributed by atoms with Crippen molar-refractivity contribution >= 4 is 11.7 Å². The lowest BCUT2D eigenvalue weighted by Gasteiger charge is -2.16. The predicted octanol–water partition coefficient (Wildman–Crippen LogP) is 2.30. The average Bonchev–Trinajstić information content (AvgIpc) is 2.75. The molecule has 0 unspecified atom stereocenters. The zero-order chi connectivity index (χ0) is 14.0. The Kier molecular flexibility index (Phi) is 3.66. The first-order chi connectivity index (χ1) is 8.86. The highest BCUT2D eigenvalue weighted by Gasteiger charge is 2.30. The molecule has 0 aliphatic carbocycles. The summed E-state index contributed by atoms with van der Waals surface area (Å²) in [5, 5.41) is 11.8. The maximum atomic E-state index is 12.3. The molecule has 4 nitrogen and oxygen atoms in total. The number of nitrogens with one attached hydrogen (secondary N) is 1. The number of amides is 2. The van der Waals surface area contributed by atoms with Gasteiger partial charge in [0.05, 0.1) is 11.7 Å². The highest BCUT2D eigenvalue weighted by molar-refractivity contribution is 5.89. The third kappa shape index (κ3) is 3.37. The van der Waals surface area contributed by atoms with Crippen LogP contribution >= 0.6 is 0 Å². The summed E-state index contributed by atoms with van der Waals surface area (Å²) in [6, 6.07) is 3.81. The fourth-order valence-corrected chi connectivity index (χ4v) is 1.87. The van der Waals surface area contributed by atoms with Gasteiger partial charge in [0.25, 0.3) is 0 Å². The number of rotatable bonds is 1. The normalized spacial score (nSPS) is 19.6. The van der Waals surface area contributed by atoms with Gasteiger partial charge in [-0.05, 0) is 30.7 Å². The molecule has 7 heteroatoms. The van der Waals surface area contributed by atoms with E-state index in [1.807, 2.05) is 0 Å². The van der Waals surface area contributed by atoms with Crippen LogP contribution in [-0.4, -0.2) is 35.2 Å². The highest BCUT2D eigenvalue weighted by Crippen LogP contribution is 2.29. The maximum absolute atomic E-state index is 12.3. The van der Waals surface area contributed by atoms with Crippen LogP contribution in [0.5, 0.6) is 0 Å². The number of urea groups is 1. The quantitative estimate of drug-likeness (QED) is 0.825. The molecule has 1 atom stereocenters. The Hall–Kier alpha value is -1.76. The van der Waals surface area contributed by atoms with Crippen molar-refractivity contribution in [3.8, 4) is 0 Å². The first-order valence-electron chi connectivity index (χ1n) is 5.77. The lowest BCUT2D eigenvalue weighted by Crippen LogP contribution is -2.33. The van der Waals surface area contributed by atoms with E-state index in [9.17, 15) is 23.1 Å². The summed E-state index contributed by atoms with van der Waals surface area (Å²) < 4.78 is 37.0. The van der Waals surface area contributed by atoms with Gasteiger partial charge in [-0.25, -0.2) is 4.79 Å². The zero-order valence-corrected chi connectivity index (χ0v) is 9.94. The number of likely N-dealkylation sites (tertiary alicyclic amines) is 1. The Morgan fingerprint density at radius 1 is 1.32 bits per heavy atom. The Labute approximate surface area is 107 Å². The van der Waals surface area contributed by atoms with Gasteiger partial charge in [-0.1, -0.05) is 0 Å². The summed E-state index contributed by atoms with van der Waals surface area (Å²) in [7, 11) is 0. The van der Waals surface area contributed by atoms with Gasteiger partial charge in [-0.2, -0.15) is 13.2 Å². The Bertz CT molecular complexity index is 459. The van der Waals surface area contributed by atoms with Crippen LogP contribution in [0.3, 0.4) is 0 Å². The van der Waals surface area contributed by atoms with E-state index >= 15 is 0 Å². The van der Waals surface area contributed by atoms with E-state index in [1.54, 1.807) is 0 Å². The fourth-order valence-electron chi connectivity index (χ4n) is 1.87. The molecule has 104 valence electrons. The molecule has 1 aromatic rings. The minimum Gasteiger partial charge on any atom is -0.391 e. The summed E-state index contributed by atoms with van der Waals surface area (Å²) >= 11 is 0. The molecule has 2 rings (SSSR count). The van der Waals surface area contributed by atoms with Crippen LogP contribution < -0.4 is 5.32 Å². The number of carbonyl (C=O) groups excluding carboxylic acids is 1. The number of anilines is 1. The van der Waals surface area contributed by atoms with E-state index in [0.717, 1.165) is 12.1 Å². The van der Waals surface area contributed by atoms with Gasteiger partial charge in [0, 0.05) is 18.8 Å². The molecule has 1 saturated heterocycles. The second-order valence-electron chi connectivity index (χ2n) is 4.39. The van der Waals surface area contributed by atoms with Crippen molar-refractivity contribution in [2.75, 3.05) is 18.4 Å². The SMILES string of the molecule is O=C(Nc1ccc(C(F)(F)F)cc1)N1CC[C@@H](O)C1. The van der Waals surface area contributed by atoms with Gasteiger partial charge in [-0.3, -0.25) is 0 Å². The van der Waals surface area contributed by atoms with Crippen LogP contribution in [0.2, 0.25) is 0 Å². The van der Waals surface area contributed by atoms with Gasteiger partial charge in [0.2, 0.25) is 0 Å². The molecule has 1 aromatic carbocycles. The summed E-state index contributed by atoms with van der Waals surface area (Å²) in [6.07, 6.45) is -4.40. The van der Waals surface area contributed by atoms with Crippen molar-refractivity contribution < 1.29 is 23.1 Å². The van der Waals surface area contributed by atoms with E-state index < -0.39 is 23.9 Å². The Balaban J connectivity index is 1.98. The van der Waals surface area contributed by atoms with Gasteiger partial charge in [0.15, 0.2) is 0 Å². The number of halogens is 3. The molecule has 0 spiro atoms. The van der Waals surface area contributed by atoms with E-state index in [4.69, 9.17) is 0 Å². The number of hydrogen-bond acceptors (Lipinski definition) is 2. The van der Waals surface area contributed by atoms with Crippen molar-refractivity contribution in [2.45, 2.75) is 18.7 Å². The van der Waals surface area contributed by atoms with Gasteiger partial charge in [-0.15, -0.1) is 0 Å². The molecule has 2 amide bonds. The lowest BCUT2D eigenvalue weighted by molar-refractivity contribution is -0.137. The number of carbonyl (C=O) groups is 1. The molecule has 2 N–H and O–H groups in total. The molecule has 0 bridgehead atoms. The number of aliphatic hydroxyl groups is 1. The molecular formula is C12H13F3N2O2. The van der Waals surface area contributed by atoms with Crippen LogP contribution in [0, 0.1) is 0 Å². The first kappa shape index (κ1) is 13.7. The highest BCUT2D eigenvalue weighted by atomic mass is 19.4. The van der Waals surface area contributed by atoms with Crippen LogP contribution in [0.15, 0.2) is 24.3 Å². The number of aliphatic hydroxyl groups excluding tert-OH is 1. The molecule has 1 heterocycles. The molecule has 1 fully saturated rings. The number of β-amino-alcohol motifs (C(OH)–C–C–N with tert-alkyl or cyclic N) is 1. The van der Waals surface area contributed by atoms with Gasteiger partial charge in [0.1, 0.15) is 0 Å². The molecular weight excluding hydrogens is 261 g/mol. The molecule has 0 aromatic heterocycles. The van der Waals surface area contributed by atoms with Crippen LogP contribution in [-0.2, 0) is 6.18 Å². The van der Waals surface area contributed by atoms with E-state index in [2.05, 4.69) is 5.32 Å². The van der Waals surface area contributed by atoms with Crippen molar-refractivity contribution in [3.05, 3.63) is 29.8 Å². The second-order valence-corrected chi connectivity index (χ2v) is 4.39.